The van der Waals surface area contributed by atoms with Gasteiger partial charge in [0.1, 0.15) is 24.4 Å². The molecule has 0 aromatic heterocycles. The molecule has 0 saturated carbocycles. The van der Waals surface area contributed by atoms with Crippen LogP contribution >= 0.6 is 34.4 Å². The van der Waals surface area contributed by atoms with Crippen LogP contribution < -0.4 is 0 Å². The summed E-state index contributed by atoms with van der Waals surface area (Å²) in [5, 5.41) is 0. The van der Waals surface area contributed by atoms with Crippen molar-refractivity contribution in [2.24, 2.45) is 21.7 Å². The first-order valence-electron chi connectivity index (χ1n) is 19.5. The molecular weight excluding hydrogens is 903 g/mol. The van der Waals surface area contributed by atoms with Gasteiger partial charge < -0.3 is 0 Å². The van der Waals surface area contributed by atoms with E-state index < -0.39 is 34.4 Å². The Balaban J connectivity index is 0.000000783. The van der Waals surface area contributed by atoms with E-state index in [9.17, 15) is 0 Å². The Morgan fingerprint density at radius 1 is 0.295 bits per heavy atom. The van der Waals surface area contributed by atoms with Crippen LogP contribution in [-0.4, -0.2) is 39.1 Å². The van der Waals surface area contributed by atoms with Gasteiger partial charge in [0.25, 0.3) is 0 Å². The van der Waals surface area contributed by atoms with Gasteiger partial charge in [0.15, 0.2) is 0 Å². The summed E-state index contributed by atoms with van der Waals surface area (Å²) in [6.45, 7) is 24.1. The van der Waals surface area contributed by atoms with Crippen molar-refractivity contribution in [2.45, 2.75) is 108 Å². The van der Waals surface area contributed by atoms with Crippen LogP contribution in [0.2, 0.25) is 0 Å². The molecule has 0 aliphatic carbocycles. The first-order valence-corrected chi connectivity index (χ1v) is 24.7. The molecule has 0 saturated heterocycles. The molecule has 4 rings (SSSR count). The van der Waals surface area contributed by atoms with Crippen molar-refractivity contribution >= 4 is 34.4 Å². The molecule has 0 fully saturated rings. The number of hydrogen-bond acceptors (Lipinski definition) is 12. The maximum atomic E-state index is 8.98. The zero-order chi connectivity index (χ0) is 45.9. The average molecular weight is 976 g/mol. The molecule has 17 heteroatoms. The van der Waals surface area contributed by atoms with Gasteiger partial charge in [-0.15, -0.1) is 0 Å². The summed E-state index contributed by atoms with van der Waals surface area (Å²) < 4.78 is 20.9. The van der Waals surface area contributed by atoms with Crippen LogP contribution in [0.4, 0.5) is 0 Å². The van der Waals surface area contributed by atoms with Gasteiger partial charge in [-0.2, -0.15) is 57.2 Å². The molecule has 0 radical (unpaired) electrons. The van der Waals surface area contributed by atoms with Gasteiger partial charge >= 0.3 is 34.4 Å². The largest absolute Gasteiger partial charge is 0.393 e. The quantitative estimate of drug-likeness (QED) is 0.0494. The smallest absolute Gasteiger partial charge is 0.194 e. The molecule has 0 bridgehead atoms. The molecular formula is C44H72NiO12P4+4. The van der Waals surface area contributed by atoms with Crippen LogP contribution in [0.5, 0.6) is 0 Å². The Morgan fingerprint density at radius 2 is 0.426 bits per heavy atom. The van der Waals surface area contributed by atoms with Crippen molar-refractivity contribution in [3.8, 4) is 0 Å². The molecule has 4 atom stereocenters. The molecule has 346 valence electrons. The number of benzene rings is 4. The number of rotatable bonds is 12. The fourth-order valence-corrected chi connectivity index (χ4v) is 8.71. The van der Waals surface area contributed by atoms with Crippen LogP contribution in [0, 0.1) is 21.7 Å². The molecule has 61 heavy (non-hydrogen) atoms. The Labute approximate surface area is 379 Å². The maximum Gasteiger partial charge on any atom is 0.393 e. The van der Waals surface area contributed by atoms with Crippen molar-refractivity contribution < 1.29 is 73.7 Å². The monoisotopic (exact) mass is 974 g/mol. The summed E-state index contributed by atoms with van der Waals surface area (Å²) in [6.07, 6.45) is -1.16. The zero-order valence-electron chi connectivity index (χ0n) is 37.4. The molecule has 4 aromatic carbocycles. The third-order valence-electron chi connectivity index (χ3n) is 8.45. The predicted molar refractivity (Wildman–Crippen MR) is 250 cm³/mol. The standard InChI is InChI=1S/4C11H18O3P.Ni/c4*1-11(2,3)10(14-15(12)13)9-7-5-4-6-8-9;/h4*4-8,10,12-13,15H,1-3H3;/q4*+1;. The fraction of sp³-hybridized carbons (Fsp3) is 0.455. The van der Waals surface area contributed by atoms with Crippen LogP contribution in [0.1, 0.15) is 130 Å². The van der Waals surface area contributed by atoms with Crippen LogP contribution in [-0.2, 0) is 34.6 Å². The first kappa shape index (κ1) is 59.6. The van der Waals surface area contributed by atoms with Gasteiger partial charge in [-0.05, 0) is 43.9 Å². The molecule has 4 unspecified atom stereocenters. The van der Waals surface area contributed by atoms with E-state index in [1.165, 1.54) is 0 Å². The van der Waals surface area contributed by atoms with Gasteiger partial charge in [0.05, 0.1) is 0 Å². The van der Waals surface area contributed by atoms with Crippen molar-refractivity contribution in [2.75, 3.05) is 0 Å². The Kier molecular flexibility index (Phi) is 27.9. The Morgan fingerprint density at radius 3 is 0.525 bits per heavy atom. The Bertz CT molecular complexity index is 1430. The van der Waals surface area contributed by atoms with Crippen LogP contribution in [0.15, 0.2) is 121 Å². The maximum absolute atomic E-state index is 8.98. The van der Waals surface area contributed by atoms with E-state index in [2.05, 4.69) is 0 Å². The summed E-state index contributed by atoms with van der Waals surface area (Å²) >= 11 is 0. The molecule has 8 N–H and O–H groups in total. The third-order valence-corrected chi connectivity index (χ3v) is 10.2. The minimum Gasteiger partial charge on any atom is -0.194 e. The van der Waals surface area contributed by atoms with E-state index in [-0.39, 0.29) is 62.6 Å². The topological polar surface area (TPSA) is 199 Å². The molecule has 0 aliphatic heterocycles. The summed E-state index contributed by atoms with van der Waals surface area (Å²) in [5.41, 5.74) is 3.22. The summed E-state index contributed by atoms with van der Waals surface area (Å²) in [7, 11) is -10.7. The van der Waals surface area contributed by atoms with E-state index in [1.54, 1.807) is 0 Å². The van der Waals surface area contributed by atoms with E-state index in [4.69, 9.17) is 57.2 Å². The zero-order valence-corrected chi connectivity index (χ0v) is 42.4. The van der Waals surface area contributed by atoms with Crippen molar-refractivity contribution in [3.05, 3.63) is 144 Å². The van der Waals surface area contributed by atoms with Gasteiger partial charge in [-0.1, -0.05) is 204 Å². The van der Waals surface area contributed by atoms with Crippen molar-refractivity contribution in [1.29, 1.82) is 0 Å². The average Bonchev–Trinajstić information content (AvgIpc) is 3.14. The summed E-state index contributed by atoms with van der Waals surface area (Å²) in [6, 6.07) is 38.5. The SMILES string of the molecule is CC(C)(C)C(O[PH+](O)O)c1ccccc1.CC(C)(C)C(O[PH+](O)O)c1ccccc1.CC(C)(C)C(O[PH+](O)O)c1ccccc1.CC(C)(C)C(O[PH+](O)O)c1ccccc1.[Ni]. The minimum absolute atomic E-state index is 0. The third kappa shape index (κ3) is 25.0. The first-order chi connectivity index (χ1) is 27.6. The van der Waals surface area contributed by atoms with Gasteiger partial charge in [0, 0.05) is 16.5 Å². The van der Waals surface area contributed by atoms with E-state index in [0.717, 1.165) is 22.3 Å². The molecule has 4 aromatic rings. The second-order valence-corrected chi connectivity index (χ2v) is 21.4. The normalized spacial score (nSPS) is 14.0. The molecule has 0 heterocycles. The van der Waals surface area contributed by atoms with Gasteiger partial charge in [-0.25, -0.2) is 0 Å². The molecule has 0 aliphatic rings. The summed E-state index contributed by atoms with van der Waals surface area (Å²) in [5.74, 6) is 0. The Hall–Kier alpha value is -1.39. The summed E-state index contributed by atoms with van der Waals surface area (Å²) in [4.78, 5) is 71.9. The van der Waals surface area contributed by atoms with E-state index in [1.807, 2.05) is 204 Å². The van der Waals surface area contributed by atoms with Gasteiger partial charge in [-0.3, -0.25) is 0 Å². The van der Waals surface area contributed by atoms with Crippen molar-refractivity contribution in [1.82, 2.24) is 0 Å². The number of hydrogen-bond donors (Lipinski definition) is 8. The van der Waals surface area contributed by atoms with E-state index in [0.29, 0.717) is 0 Å². The fourth-order valence-electron chi connectivity index (χ4n) is 5.91. The van der Waals surface area contributed by atoms with Crippen LogP contribution in [0.3, 0.4) is 0 Å². The molecule has 0 spiro atoms. The molecule has 12 nitrogen and oxygen atoms in total. The molecule has 0 amide bonds. The second-order valence-electron chi connectivity index (χ2n) is 18.2. The van der Waals surface area contributed by atoms with Crippen molar-refractivity contribution in [3.63, 3.8) is 0 Å². The van der Waals surface area contributed by atoms with Crippen LogP contribution in [0.25, 0.3) is 0 Å². The predicted octanol–water partition coefficient (Wildman–Crippen LogP) is 10.9. The second kappa shape index (κ2) is 28.5. The minimum atomic E-state index is -2.66. The van der Waals surface area contributed by atoms with E-state index >= 15 is 0 Å². The van der Waals surface area contributed by atoms with Gasteiger partial charge in [0.2, 0.25) is 0 Å².